The molecule has 1 aromatic heterocycles. The number of hydrogen-bond donors (Lipinski definition) is 2. The molecule has 74 valence electrons. The van der Waals surface area contributed by atoms with Crippen LogP contribution in [-0.4, -0.2) is 22.9 Å². The Bertz CT molecular complexity index is 356. The Labute approximate surface area is 82.5 Å². The van der Waals surface area contributed by atoms with Crippen LogP contribution in [0.15, 0.2) is 6.20 Å². The number of nitrogens with one attached hydrogen (secondary N) is 1. The molecule has 0 unspecified atom stereocenters. The van der Waals surface area contributed by atoms with E-state index in [0.29, 0.717) is 17.4 Å². The number of aromatic nitrogens is 2. The van der Waals surface area contributed by atoms with Gasteiger partial charge < -0.3 is 11.1 Å². The zero-order valence-corrected chi connectivity index (χ0v) is 7.90. The van der Waals surface area contributed by atoms with Gasteiger partial charge in [0.15, 0.2) is 0 Å². The third-order valence-corrected chi connectivity index (χ3v) is 2.61. The summed E-state index contributed by atoms with van der Waals surface area (Å²) in [4.78, 5) is 0. The lowest BCUT2D eigenvalue weighted by atomic mass is 10.1. The summed E-state index contributed by atoms with van der Waals surface area (Å²) in [6, 6.07) is 2.38. The fraction of sp³-hybridized carbons (Fsp3) is 0.556. The molecule has 0 aromatic carbocycles. The van der Waals surface area contributed by atoms with Gasteiger partial charge in [-0.2, -0.15) is 10.4 Å². The standard InChI is InChI=1S/C9H13N5/c10-5-7-6-13-14(9(7)11)8-1-3-12-4-2-8/h6,8,12H,1-4,11H2. The Morgan fingerprint density at radius 2 is 2.29 bits per heavy atom. The quantitative estimate of drug-likeness (QED) is 0.667. The zero-order valence-electron chi connectivity index (χ0n) is 7.90. The molecule has 5 nitrogen and oxygen atoms in total. The summed E-state index contributed by atoms with van der Waals surface area (Å²) in [5.41, 5.74) is 6.28. The first-order valence-corrected chi connectivity index (χ1v) is 4.76. The molecule has 0 atom stereocenters. The van der Waals surface area contributed by atoms with E-state index in [1.165, 1.54) is 6.20 Å². The van der Waals surface area contributed by atoms with Crippen molar-refractivity contribution in [3.63, 3.8) is 0 Å². The van der Waals surface area contributed by atoms with E-state index in [2.05, 4.69) is 10.4 Å². The van der Waals surface area contributed by atoms with Crippen LogP contribution in [0.4, 0.5) is 5.82 Å². The van der Waals surface area contributed by atoms with E-state index in [1.54, 1.807) is 4.68 Å². The van der Waals surface area contributed by atoms with Crippen molar-refractivity contribution >= 4 is 5.82 Å². The molecule has 1 fully saturated rings. The molecule has 0 radical (unpaired) electrons. The first kappa shape index (κ1) is 9.03. The van der Waals surface area contributed by atoms with Crippen LogP contribution in [0.5, 0.6) is 0 Å². The van der Waals surface area contributed by atoms with Crippen molar-refractivity contribution in [1.29, 1.82) is 5.26 Å². The van der Waals surface area contributed by atoms with E-state index in [1.807, 2.05) is 6.07 Å². The molecule has 5 heteroatoms. The highest BCUT2D eigenvalue weighted by Gasteiger charge is 2.18. The lowest BCUT2D eigenvalue weighted by molar-refractivity contribution is 0.347. The second-order valence-corrected chi connectivity index (χ2v) is 3.48. The normalized spacial score (nSPS) is 17.9. The number of nitrogens with zero attached hydrogens (tertiary/aromatic N) is 3. The summed E-state index contributed by atoms with van der Waals surface area (Å²) in [7, 11) is 0. The van der Waals surface area contributed by atoms with Crippen LogP contribution < -0.4 is 11.1 Å². The number of nitriles is 1. The average Bonchev–Trinajstić information content (AvgIpc) is 2.61. The number of nitrogen functional groups attached to an aromatic ring is 1. The summed E-state index contributed by atoms with van der Waals surface area (Å²) in [5, 5.41) is 16.2. The van der Waals surface area contributed by atoms with E-state index in [-0.39, 0.29) is 0 Å². The van der Waals surface area contributed by atoms with Crippen molar-refractivity contribution < 1.29 is 0 Å². The summed E-state index contributed by atoms with van der Waals surface area (Å²) in [6.07, 6.45) is 3.59. The van der Waals surface area contributed by atoms with Crippen LogP contribution in [-0.2, 0) is 0 Å². The van der Waals surface area contributed by atoms with Crippen molar-refractivity contribution in [2.24, 2.45) is 0 Å². The third kappa shape index (κ3) is 1.44. The SMILES string of the molecule is N#Cc1cnn(C2CCNCC2)c1N. The highest BCUT2D eigenvalue weighted by Crippen LogP contribution is 2.22. The second kappa shape index (κ2) is 3.68. The topological polar surface area (TPSA) is 79.7 Å². The maximum absolute atomic E-state index is 8.73. The van der Waals surface area contributed by atoms with E-state index >= 15 is 0 Å². The minimum atomic E-state index is 0.346. The lowest BCUT2D eigenvalue weighted by Crippen LogP contribution is -2.30. The molecule has 3 N–H and O–H groups in total. The monoisotopic (exact) mass is 191 g/mol. The Balaban J connectivity index is 2.23. The van der Waals surface area contributed by atoms with Crippen molar-refractivity contribution in [2.45, 2.75) is 18.9 Å². The molecular weight excluding hydrogens is 178 g/mol. The molecule has 1 aliphatic rings. The highest BCUT2D eigenvalue weighted by molar-refractivity contribution is 5.47. The molecule has 1 saturated heterocycles. The molecule has 0 aliphatic carbocycles. The lowest BCUT2D eigenvalue weighted by Gasteiger charge is -2.23. The molecule has 0 amide bonds. The Morgan fingerprint density at radius 1 is 1.57 bits per heavy atom. The maximum Gasteiger partial charge on any atom is 0.140 e. The first-order valence-electron chi connectivity index (χ1n) is 4.76. The number of piperidine rings is 1. The van der Waals surface area contributed by atoms with Gasteiger partial charge in [0.05, 0.1) is 12.2 Å². The predicted molar refractivity (Wildman–Crippen MR) is 52.5 cm³/mol. The van der Waals surface area contributed by atoms with Crippen LogP contribution in [0.3, 0.4) is 0 Å². The molecule has 0 saturated carbocycles. The van der Waals surface area contributed by atoms with Gasteiger partial charge in [0.2, 0.25) is 0 Å². The fourth-order valence-electron chi connectivity index (χ4n) is 1.80. The number of nitrogens with two attached hydrogens (primary N) is 1. The van der Waals surface area contributed by atoms with Gasteiger partial charge in [0.25, 0.3) is 0 Å². The smallest absolute Gasteiger partial charge is 0.140 e. The third-order valence-electron chi connectivity index (χ3n) is 2.61. The molecule has 14 heavy (non-hydrogen) atoms. The number of rotatable bonds is 1. The summed E-state index contributed by atoms with van der Waals surface area (Å²) >= 11 is 0. The minimum Gasteiger partial charge on any atom is -0.383 e. The maximum atomic E-state index is 8.73. The summed E-state index contributed by atoms with van der Waals surface area (Å²) in [5.74, 6) is 0.499. The molecule has 0 spiro atoms. The van der Waals surface area contributed by atoms with Gasteiger partial charge in [-0.1, -0.05) is 0 Å². The summed E-state index contributed by atoms with van der Waals surface area (Å²) < 4.78 is 1.78. The van der Waals surface area contributed by atoms with Crippen LogP contribution in [0, 0.1) is 11.3 Å². The molecule has 0 bridgehead atoms. The van der Waals surface area contributed by atoms with Gasteiger partial charge in [0.1, 0.15) is 17.5 Å². The Hall–Kier alpha value is -1.54. The number of anilines is 1. The largest absolute Gasteiger partial charge is 0.383 e. The summed E-state index contributed by atoms with van der Waals surface area (Å²) in [6.45, 7) is 1.98. The van der Waals surface area contributed by atoms with E-state index in [0.717, 1.165) is 25.9 Å². The van der Waals surface area contributed by atoms with Gasteiger partial charge in [0, 0.05) is 0 Å². The van der Waals surface area contributed by atoms with Gasteiger partial charge >= 0.3 is 0 Å². The average molecular weight is 191 g/mol. The first-order chi connectivity index (χ1) is 6.83. The van der Waals surface area contributed by atoms with Crippen molar-refractivity contribution in [2.75, 3.05) is 18.8 Å². The van der Waals surface area contributed by atoms with Crippen LogP contribution >= 0.6 is 0 Å². The van der Waals surface area contributed by atoms with E-state index in [9.17, 15) is 0 Å². The molecule has 2 heterocycles. The highest BCUT2D eigenvalue weighted by atomic mass is 15.3. The van der Waals surface area contributed by atoms with E-state index in [4.69, 9.17) is 11.0 Å². The van der Waals surface area contributed by atoms with Gasteiger partial charge in [-0.05, 0) is 25.9 Å². The van der Waals surface area contributed by atoms with Gasteiger partial charge in [-0.3, -0.25) is 0 Å². The van der Waals surface area contributed by atoms with E-state index < -0.39 is 0 Å². The zero-order chi connectivity index (χ0) is 9.97. The van der Waals surface area contributed by atoms with Gasteiger partial charge in [-0.15, -0.1) is 0 Å². The molecule has 2 rings (SSSR count). The van der Waals surface area contributed by atoms with Crippen molar-refractivity contribution in [3.8, 4) is 6.07 Å². The molecule has 1 aliphatic heterocycles. The second-order valence-electron chi connectivity index (χ2n) is 3.48. The predicted octanol–water partition coefficient (Wildman–Crippen LogP) is 0.261. The van der Waals surface area contributed by atoms with Gasteiger partial charge in [-0.25, -0.2) is 4.68 Å². The Morgan fingerprint density at radius 3 is 2.86 bits per heavy atom. The van der Waals surface area contributed by atoms with Crippen LogP contribution in [0.25, 0.3) is 0 Å². The van der Waals surface area contributed by atoms with Crippen LogP contribution in [0.1, 0.15) is 24.4 Å². The molecule has 1 aromatic rings. The van der Waals surface area contributed by atoms with Crippen molar-refractivity contribution in [1.82, 2.24) is 15.1 Å². The molecular formula is C9H13N5. The fourth-order valence-corrected chi connectivity index (χ4v) is 1.80. The minimum absolute atomic E-state index is 0.346. The Kier molecular flexibility index (Phi) is 2.37. The van der Waals surface area contributed by atoms with Crippen molar-refractivity contribution in [3.05, 3.63) is 11.8 Å². The van der Waals surface area contributed by atoms with Crippen LogP contribution in [0.2, 0.25) is 0 Å². The number of hydrogen-bond acceptors (Lipinski definition) is 4.